The van der Waals surface area contributed by atoms with Gasteiger partial charge in [0.25, 0.3) is 0 Å². The van der Waals surface area contributed by atoms with Gasteiger partial charge in [0.05, 0.1) is 23.4 Å². The van der Waals surface area contributed by atoms with Crippen LogP contribution >= 0.6 is 11.8 Å². The summed E-state index contributed by atoms with van der Waals surface area (Å²) in [5.41, 5.74) is 2.02. The van der Waals surface area contributed by atoms with Crippen LogP contribution in [-0.2, 0) is 17.8 Å². The summed E-state index contributed by atoms with van der Waals surface area (Å²) < 4.78 is 1.96. The van der Waals surface area contributed by atoms with Crippen molar-refractivity contribution in [3.8, 4) is 0 Å². The summed E-state index contributed by atoms with van der Waals surface area (Å²) in [6, 6.07) is 8.08. The molecule has 0 N–H and O–H groups in total. The molecule has 17 heavy (non-hydrogen) atoms. The molecule has 2 rings (SSSR count). The van der Waals surface area contributed by atoms with E-state index in [9.17, 15) is 4.79 Å². The Labute approximate surface area is 105 Å². The van der Waals surface area contributed by atoms with Crippen molar-refractivity contribution in [2.75, 3.05) is 12.0 Å². The van der Waals surface area contributed by atoms with Gasteiger partial charge in [0.2, 0.25) is 0 Å². The van der Waals surface area contributed by atoms with E-state index in [0.717, 1.165) is 23.1 Å². The lowest BCUT2D eigenvalue weighted by Crippen LogP contribution is -2.07. The number of para-hydroxylation sites is 1. The topological polar surface area (TPSA) is 34.9 Å². The van der Waals surface area contributed by atoms with Gasteiger partial charge in [-0.1, -0.05) is 18.2 Å². The number of rotatable bonds is 5. The van der Waals surface area contributed by atoms with Crippen LogP contribution < -0.4 is 0 Å². The van der Waals surface area contributed by atoms with E-state index in [4.69, 9.17) is 0 Å². The molecule has 0 aliphatic carbocycles. The van der Waals surface area contributed by atoms with Crippen LogP contribution in [0.3, 0.4) is 0 Å². The average molecular weight is 248 g/mol. The summed E-state index contributed by atoms with van der Waals surface area (Å²) in [5, 5.41) is 5.62. The van der Waals surface area contributed by atoms with Gasteiger partial charge in [-0.2, -0.15) is 16.9 Å². The van der Waals surface area contributed by atoms with Crippen LogP contribution in [0.4, 0.5) is 0 Å². The van der Waals surface area contributed by atoms with Crippen LogP contribution in [-0.4, -0.2) is 27.6 Å². The van der Waals surface area contributed by atoms with Crippen molar-refractivity contribution in [1.29, 1.82) is 0 Å². The molecule has 0 fully saturated rings. The number of carbonyl (C=O) groups excluding carboxylic acids is 1. The number of benzene rings is 1. The van der Waals surface area contributed by atoms with E-state index in [-0.39, 0.29) is 5.78 Å². The summed E-state index contributed by atoms with van der Waals surface area (Å²) in [5.74, 6) is 0.803. The molecule has 3 nitrogen and oxygen atoms in total. The third kappa shape index (κ3) is 2.52. The molecule has 2 aromatic rings. The van der Waals surface area contributed by atoms with E-state index in [2.05, 4.69) is 12.0 Å². The zero-order valence-corrected chi connectivity index (χ0v) is 11.0. The molecule has 0 aliphatic heterocycles. The first-order chi connectivity index (χ1) is 8.26. The molecule has 0 saturated heterocycles. The number of aromatic nitrogens is 2. The van der Waals surface area contributed by atoms with Crippen molar-refractivity contribution in [2.45, 2.75) is 19.9 Å². The molecule has 4 heteroatoms. The quantitative estimate of drug-likeness (QED) is 0.815. The lowest BCUT2D eigenvalue weighted by Gasteiger charge is -1.96. The largest absolute Gasteiger partial charge is 0.298 e. The van der Waals surface area contributed by atoms with Gasteiger partial charge in [0.1, 0.15) is 5.78 Å². The highest BCUT2D eigenvalue weighted by Gasteiger charge is 2.12. The van der Waals surface area contributed by atoms with Crippen LogP contribution in [0.15, 0.2) is 24.3 Å². The number of Topliss-reactive ketones (excluding diaryl/α,β-unsaturated/α-hetero) is 1. The third-order valence-corrected chi connectivity index (χ3v) is 3.31. The van der Waals surface area contributed by atoms with Crippen molar-refractivity contribution < 1.29 is 4.79 Å². The molecule has 0 spiro atoms. The Kier molecular flexibility index (Phi) is 3.84. The fraction of sp³-hybridized carbons (Fsp3) is 0.385. The van der Waals surface area contributed by atoms with Crippen molar-refractivity contribution >= 4 is 28.4 Å². The number of hydrogen-bond acceptors (Lipinski definition) is 3. The number of ketones is 1. The first kappa shape index (κ1) is 12.2. The van der Waals surface area contributed by atoms with Gasteiger partial charge in [-0.05, 0) is 19.2 Å². The molecule has 0 unspecified atom stereocenters. The smallest absolute Gasteiger partial charge is 0.148 e. The van der Waals surface area contributed by atoms with Gasteiger partial charge in [-0.15, -0.1) is 0 Å². The fourth-order valence-corrected chi connectivity index (χ4v) is 2.39. The van der Waals surface area contributed by atoms with Crippen LogP contribution in [0.2, 0.25) is 0 Å². The minimum atomic E-state index is 0.240. The fourth-order valence-electron chi connectivity index (χ4n) is 1.97. The number of thioether (sulfide) groups is 1. The Balaban J connectivity index is 2.37. The van der Waals surface area contributed by atoms with Gasteiger partial charge >= 0.3 is 0 Å². The normalized spacial score (nSPS) is 10.9. The summed E-state index contributed by atoms with van der Waals surface area (Å²) in [7, 11) is 0. The Bertz CT molecular complexity index is 533. The summed E-state index contributed by atoms with van der Waals surface area (Å²) in [4.78, 5) is 11.7. The lowest BCUT2D eigenvalue weighted by atomic mass is 10.1. The number of carbonyl (C=O) groups is 1. The summed E-state index contributed by atoms with van der Waals surface area (Å²) in [6.07, 6.45) is 2.38. The van der Waals surface area contributed by atoms with Gasteiger partial charge in [0.15, 0.2) is 0 Å². The van der Waals surface area contributed by atoms with Gasteiger partial charge in [0, 0.05) is 11.9 Å². The maximum absolute atomic E-state index is 11.7. The minimum absolute atomic E-state index is 0.240. The van der Waals surface area contributed by atoms with Crippen LogP contribution in [0, 0.1) is 0 Å². The third-order valence-electron chi connectivity index (χ3n) is 2.70. The van der Waals surface area contributed by atoms with Gasteiger partial charge < -0.3 is 0 Å². The number of hydrogen-bond donors (Lipinski definition) is 0. The monoisotopic (exact) mass is 248 g/mol. The van der Waals surface area contributed by atoms with Crippen LogP contribution in [0.1, 0.15) is 12.6 Å². The second-order valence-corrected chi connectivity index (χ2v) is 4.79. The standard InChI is InChI=1S/C13H16N2OS/c1-3-15-13-7-5-4-6-11(13)12(14-15)8-10(16)9-17-2/h4-7H,3,8-9H2,1-2H3. The SMILES string of the molecule is CCn1nc(CC(=O)CSC)c2ccccc21. The Morgan fingerprint density at radius 2 is 2.18 bits per heavy atom. The van der Waals surface area contributed by atoms with Crippen molar-refractivity contribution in [3.05, 3.63) is 30.0 Å². The van der Waals surface area contributed by atoms with E-state index in [1.54, 1.807) is 11.8 Å². The molecule has 1 heterocycles. The van der Waals surface area contributed by atoms with E-state index in [1.165, 1.54) is 0 Å². The predicted octanol–water partition coefficient (Wildman–Crippen LogP) is 2.53. The van der Waals surface area contributed by atoms with Crippen molar-refractivity contribution in [1.82, 2.24) is 9.78 Å². The molecule has 1 aromatic carbocycles. The highest BCUT2D eigenvalue weighted by atomic mass is 32.2. The Hall–Kier alpha value is -1.29. The second kappa shape index (κ2) is 5.36. The molecule has 0 radical (unpaired) electrons. The first-order valence-corrected chi connectivity index (χ1v) is 7.10. The molecular weight excluding hydrogens is 232 g/mol. The molecule has 90 valence electrons. The molecular formula is C13H16N2OS. The van der Waals surface area contributed by atoms with Crippen LogP contribution in [0.5, 0.6) is 0 Å². The van der Waals surface area contributed by atoms with Gasteiger partial charge in [-0.25, -0.2) is 0 Å². The van der Waals surface area contributed by atoms with E-state index in [1.807, 2.05) is 35.2 Å². The molecule has 0 aliphatic rings. The second-order valence-electron chi connectivity index (χ2n) is 3.93. The van der Waals surface area contributed by atoms with Crippen molar-refractivity contribution in [2.24, 2.45) is 0 Å². The number of fused-ring (bicyclic) bond motifs is 1. The zero-order chi connectivity index (χ0) is 12.3. The maximum atomic E-state index is 11.7. The van der Waals surface area contributed by atoms with Gasteiger partial charge in [-0.3, -0.25) is 9.48 Å². The predicted molar refractivity (Wildman–Crippen MR) is 72.5 cm³/mol. The highest BCUT2D eigenvalue weighted by molar-refractivity contribution is 7.99. The van der Waals surface area contributed by atoms with E-state index < -0.39 is 0 Å². The highest BCUT2D eigenvalue weighted by Crippen LogP contribution is 2.19. The number of aryl methyl sites for hydroxylation is 1. The van der Waals surface area contributed by atoms with Crippen LogP contribution in [0.25, 0.3) is 10.9 Å². The molecule has 0 amide bonds. The summed E-state index contributed by atoms with van der Waals surface area (Å²) >= 11 is 1.56. The van der Waals surface area contributed by atoms with E-state index >= 15 is 0 Å². The Morgan fingerprint density at radius 1 is 1.41 bits per heavy atom. The minimum Gasteiger partial charge on any atom is -0.298 e. The van der Waals surface area contributed by atoms with Crippen molar-refractivity contribution in [3.63, 3.8) is 0 Å². The molecule has 1 aromatic heterocycles. The average Bonchev–Trinajstić information content (AvgIpc) is 2.68. The summed E-state index contributed by atoms with van der Waals surface area (Å²) in [6.45, 7) is 2.89. The maximum Gasteiger partial charge on any atom is 0.148 e. The molecule has 0 atom stereocenters. The number of nitrogens with zero attached hydrogens (tertiary/aromatic N) is 2. The zero-order valence-electron chi connectivity index (χ0n) is 10.1. The lowest BCUT2D eigenvalue weighted by molar-refractivity contribution is -0.116. The van der Waals surface area contributed by atoms with E-state index in [0.29, 0.717) is 12.2 Å². The first-order valence-electron chi connectivity index (χ1n) is 5.71. The molecule has 0 saturated carbocycles. The molecule has 0 bridgehead atoms. The Morgan fingerprint density at radius 3 is 2.88 bits per heavy atom.